The standard InChI is InChI=1S/C16H22FNO2/c1-3-11(2)14(19)10-18-15(20)16(7-8-16)12-5-4-6-13(17)9-12/h4-6,9,11,14,19H,3,7-8,10H2,1-2H3,(H,18,20). The maximum Gasteiger partial charge on any atom is 0.230 e. The SMILES string of the molecule is CCC(C)C(O)CNC(=O)C1(c2cccc(F)c2)CC1. The van der Waals surface area contributed by atoms with Gasteiger partial charge in [0.15, 0.2) is 0 Å². The van der Waals surface area contributed by atoms with Crippen molar-refractivity contribution in [2.45, 2.75) is 44.6 Å². The van der Waals surface area contributed by atoms with Crippen molar-refractivity contribution in [3.05, 3.63) is 35.6 Å². The normalized spacial score (nSPS) is 19.2. The van der Waals surface area contributed by atoms with Gasteiger partial charge in [-0.2, -0.15) is 0 Å². The first-order chi connectivity index (χ1) is 9.49. The molecule has 1 aliphatic rings. The van der Waals surface area contributed by atoms with Gasteiger partial charge in [0.2, 0.25) is 5.91 Å². The number of hydrogen-bond acceptors (Lipinski definition) is 2. The number of carbonyl (C=O) groups is 1. The van der Waals surface area contributed by atoms with Crippen LogP contribution < -0.4 is 5.32 Å². The number of amides is 1. The van der Waals surface area contributed by atoms with Crippen LogP contribution in [0.3, 0.4) is 0 Å². The van der Waals surface area contributed by atoms with Crippen LogP contribution in [0.4, 0.5) is 4.39 Å². The molecular weight excluding hydrogens is 257 g/mol. The molecule has 0 heterocycles. The molecule has 0 aliphatic heterocycles. The quantitative estimate of drug-likeness (QED) is 0.840. The summed E-state index contributed by atoms with van der Waals surface area (Å²) in [6, 6.07) is 6.23. The van der Waals surface area contributed by atoms with Crippen LogP contribution in [-0.2, 0) is 10.2 Å². The molecule has 1 fully saturated rings. The second-order valence-corrected chi connectivity index (χ2v) is 5.76. The van der Waals surface area contributed by atoms with Crippen molar-refractivity contribution in [2.24, 2.45) is 5.92 Å². The Morgan fingerprint density at radius 3 is 2.75 bits per heavy atom. The van der Waals surface area contributed by atoms with E-state index in [4.69, 9.17) is 0 Å². The zero-order chi connectivity index (χ0) is 14.8. The van der Waals surface area contributed by atoms with Crippen LogP contribution in [0.15, 0.2) is 24.3 Å². The van der Waals surface area contributed by atoms with Gasteiger partial charge in [0.1, 0.15) is 5.82 Å². The average Bonchev–Trinajstić information content (AvgIpc) is 3.25. The summed E-state index contributed by atoms with van der Waals surface area (Å²) >= 11 is 0. The molecule has 2 rings (SSSR count). The van der Waals surface area contributed by atoms with Crippen LogP contribution in [0.1, 0.15) is 38.7 Å². The highest BCUT2D eigenvalue weighted by Gasteiger charge is 2.51. The van der Waals surface area contributed by atoms with Crippen LogP contribution in [0.5, 0.6) is 0 Å². The molecule has 0 radical (unpaired) electrons. The van der Waals surface area contributed by atoms with Gasteiger partial charge < -0.3 is 10.4 Å². The lowest BCUT2D eigenvalue weighted by Gasteiger charge is -2.20. The molecule has 2 atom stereocenters. The van der Waals surface area contributed by atoms with Crippen molar-refractivity contribution >= 4 is 5.91 Å². The van der Waals surface area contributed by atoms with Crippen LogP contribution in [0, 0.1) is 11.7 Å². The highest BCUT2D eigenvalue weighted by Crippen LogP contribution is 2.48. The Morgan fingerprint density at radius 2 is 2.20 bits per heavy atom. The molecule has 4 heteroatoms. The van der Waals surface area contributed by atoms with Gasteiger partial charge in [-0.25, -0.2) is 4.39 Å². The Hall–Kier alpha value is -1.42. The Balaban J connectivity index is 1.99. The molecule has 0 aromatic heterocycles. The first-order valence-corrected chi connectivity index (χ1v) is 7.22. The first-order valence-electron chi connectivity index (χ1n) is 7.22. The summed E-state index contributed by atoms with van der Waals surface area (Å²) in [6.07, 6.45) is 1.81. The highest BCUT2D eigenvalue weighted by molar-refractivity contribution is 5.91. The molecule has 2 unspecified atom stereocenters. The second kappa shape index (κ2) is 5.92. The molecular formula is C16H22FNO2. The lowest BCUT2D eigenvalue weighted by Crippen LogP contribution is -2.41. The van der Waals surface area contributed by atoms with Crippen molar-refractivity contribution in [1.82, 2.24) is 5.32 Å². The molecule has 110 valence electrons. The van der Waals surface area contributed by atoms with E-state index in [0.717, 1.165) is 24.8 Å². The molecule has 3 nitrogen and oxygen atoms in total. The molecule has 1 aromatic carbocycles. The first kappa shape index (κ1) is 15.0. The minimum absolute atomic E-state index is 0.106. The Bertz CT molecular complexity index is 485. The van der Waals surface area contributed by atoms with Crippen LogP contribution in [-0.4, -0.2) is 23.7 Å². The summed E-state index contributed by atoms with van der Waals surface area (Å²) in [4.78, 5) is 12.3. The lowest BCUT2D eigenvalue weighted by atomic mass is 9.94. The summed E-state index contributed by atoms with van der Waals surface area (Å²) in [5.74, 6) is -0.272. The Kier molecular flexibility index (Phi) is 4.43. The van der Waals surface area contributed by atoms with E-state index in [1.165, 1.54) is 12.1 Å². The lowest BCUT2D eigenvalue weighted by molar-refractivity contribution is -0.124. The minimum atomic E-state index is -0.586. The van der Waals surface area contributed by atoms with Gasteiger partial charge in [-0.1, -0.05) is 32.4 Å². The average molecular weight is 279 g/mol. The number of aliphatic hydroxyl groups excluding tert-OH is 1. The van der Waals surface area contributed by atoms with Crippen molar-refractivity contribution in [2.75, 3.05) is 6.54 Å². The molecule has 0 bridgehead atoms. The van der Waals surface area contributed by atoms with E-state index in [1.807, 2.05) is 13.8 Å². The van der Waals surface area contributed by atoms with E-state index in [1.54, 1.807) is 12.1 Å². The fourth-order valence-corrected chi connectivity index (χ4v) is 2.40. The minimum Gasteiger partial charge on any atom is -0.391 e. The Labute approximate surface area is 119 Å². The number of benzene rings is 1. The molecule has 1 aliphatic carbocycles. The number of rotatable bonds is 6. The number of carbonyl (C=O) groups excluding carboxylic acids is 1. The highest BCUT2D eigenvalue weighted by atomic mass is 19.1. The third-order valence-corrected chi connectivity index (χ3v) is 4.33. The zero-order valence-electron chi connectivity index (χ0n) is 12.0. The van der Waals surface area contributed by atoms with E-state index < -0.39 is 11.5 Å². The number of halogens is 1. The molecule has 1 amide bonds. The fraction of sp³-hybridized carbons (Fsp3) is 0.562. The maximum absolute atomic E-state index is 13.3. The predicted octanol–water partition coefficient (Wildman–Crippen LogP) is 2.38. The maximum atomic E-state index is 13.3. The largest absolute Gasteiger partial charge is 0.391 e. The van der Waals surface area contributed by atoms with Gasteiger partial charge in [0.05, 0.1) is 11.5 Å². The summed E-state index contributed by atoms with van der Waals surface area (Å²) < 4.78 is 13.3. The molecule has 0 saturated heterocycles. The zero-order valence-corrected chi connectivity index (χ0v) is 12.0. The van der Waals surface area contributed by atoms with Crippen molar-refractivity contribution < 1.29 is 14.3 Å². The van der Waals surface area contributed by atoms with E-state index in [-0.39, 0.29) is 24.2 Å². The van der Waals surface area contributed by atoms with Crippen molar-refractivity contribution in [3.63, 3.8) is 0 Å². The molecule has 1 saturated carbocycles. The third kappa shape index (κ3) is 3.01. The van der Waals surface area contributed by atoms with Crippen LogP contribution >= 0.6 is 0 Å². The number of hydrogen-bond donors (Lipinski definition) is 2. The molecule has 2 N–H and O–H groups in total. The van der Waals surface area contributed by atoms with E-state index >= 15 is 0 Å². The number of aliphatic hydroxyl groups is 1. The monoisotopic (exact) mass is 279 g/mol. The molecule has 0 spiro atoms. The fourth-order valence-electron chi connectivity index (χ4n) is 2.40. The summed E-state index contributed by atoms with van der Waals surface area (Å²) in [5.41, 5.74) is 0.144. The van der Waals surface area contributed by atoms with Crippen molar-refractivity contribution in [1.29, 1.82) is 0 Å². The van der Waals surface area contributed by atoms with Gasteiger partial charge >= 0.3 is 0 Å². The van der Waals surface area contributed by atoms with Gasteiger partial charge in [0.25, 0.3) is 0 Å². The molecule has 20 heavy (non-hydrogen) atoms. The van der Waals surface area contributed by atoms with Crippen LogP contribution in [0.25, 0.3) is 0 Å². The summed E-state index contributed by atoms with van der Waals surface area (Å²) in [5, 5.41) is 12.7. The van der Waals surface area contributed by atoms with Crippen molar-refractivity contribution in [3.8, 4) is 0 Å². The van der Waals surface area contributed by atoms with Crippen LogP contribution in [0.2, 0.25) is 0 Å². The Morgan fingerprint density at radius 1 is 1.50 bits per heavy atom. The second-order valence-electron chi connectivity index (χ2n) is 5.76. The van der Waals surface area contributed by atoms with E-state index in [2.05, 4.69) is 5.32 Å². The van der Waals surface area contributed by atoms with E-state index in [0.29, 0.717) is 0 Å². The van der Waals surface area contributed by atoms with Gasteiger partial charge in [0, 0.05) is 6.54 Å². The molecule has 1 aromatic rings. The van der Waals surface area contributed by atoms with Gasteiger partial charge in [-0.3, -0.25) is 4.79 Å². The van der Waals surface area contributed by atoms with Gasteiger partial charge in [-0.05, 0) is 36.5 Å². The smallest absolute Gasteiger partial charge is 0.230 e. The summed E-state index contributed by atoms with van der Waals surface area (Å²) in [7, 11) is 0. The van der Waals surface area contributed by atoms with Gasteiger partial charge in [-0.15, -0.1) is 0 Å². The topological polar surface area (TPSA) is 49.3 Å². The summed E-state index contributed by atoms with van der Waals surface area (Å²) in [6.45, 7) is 4.21. The third-order valence-electron chi connectivity index (χ3n) is 4.33. The number of nitrogens with one attached hydrogen (secondary N) is 1. The predicted molar refractivity (Wildman–Crippen MR) is 75.8 cm³/mol. The van der Waals surface area contributed by atoms with E-state index in [9.17, 15) is 14.3 Å².